The van der Waals surface area contributed by atoms with E-state index in [4.69, 9.17) is 0 Å². The van der Waals surface area contributed by atoms with Crippen molar-refractivity contribution in [3.05, 3.63) is 77.5 Å². The van der Waals surface area contributed by atoms with E-state index < -0.39 is 11.1 Å². The maximum absolute atomic E-state index is 10.7. The zero-order valence-corrected chi connectivity index (χ0v) is 12.2. The van der Waals surface area contributed by atoms with Gasteiger partial charge in [0.25, 0.3) is 0 Å². The zero-order chi connectivity index (χ0) is 14.7. The van der Waals surface area contributed by atoms with Gasteiger partial charge in [0, 0.05) is 17.3 Å². The fourth-order valence-corrected chi connectivity index (χ4v) is 2.82. The number of pyridine rings is 1. The molecule has 1 unspecified atom stereocenters. The highest BCUT2D eigenvalue weighted by Gasteiger charge is 2.00. The van der Waals surface area contributed by atoms with Crippen molar-refractivity contribution in [2.24, 2.45) is 0 Å². The number of fused-ring (bicyclic) bond motifs is 1. The molecule has 1 atom stereocenters. The Bertz CT molecular complexity index is 784. The minimum absolute atomic E-state index is 0.0714. The lowest BCUT2D eigenvalue weighted by Crippen LogP contribution is -1.94. The summed E-state index contributed by atoms with van der Waals surface area (Å²) >= 11 is -2.03. The third kappa shape index (κ3) is 3.54. The third-order valence-corrected chi connectivity index (χ3v) is 3.95. The first-order valence-electron chi connectivity index (χ1n) is 6.68. The second kappa shape index (κ2) is 6.16. The molecule has 0 aliphatic heterocycles. The van der Waals surface area contributed by atoms with E-state index in [9.17, 15) is 8.76 Å². The lowest BCUT2D eigenvalue weighted by molar-refractivity contribution is 0.536. The molecular formula is C17H14NO2S-. The topological polar surface area (TPSA) is 53.0 Å². The fourth-order valence-electron chi connectivity index (χ4n) is 2.36. The second-order valence-corrected chi connectivity index (χ2v) is 5.87. The normalized spacial score (nSPS) is 12.4. The van der Waals surface area contributed by atoms with Crippen molar-refractivity contribution >= 4 is 22.0 Å². The summed E-state index contributed by atoms with van der Waals surface area (Å²) in [5.74, 6) is 0.0714. The molecule has 0 saturated heterocycles. The van der Waals surface area contributed by atoms with Gasteiger partial charge in [0.15, 0.2) is 0 Å². The molecule has 3 rings (SSSR count). The van der Waals surface area contributed by atoms with E-state index in [-0.39, 0.29) is 5.75 Å². The molecule has 4 heteroatoms. The highest BCUT2D eigenvalue weighted by molar-refractivity contribution is 7.78. The van der Waals surface area contributed by atoms with Gasteiger partial charge in [-0.25, -0.2) is 0 Å². The van der Waals surface area contributed by atoms with Gasteiger partial charge in [-0.3, -0.25) is 9.19 Å². The number of nitrogens with zero attached hydrogens (tertiary/aromatic N) is 1. The smallest absolute Gasteiger partial charge is 0.0702 e. The van der Waals surface area contributed by atoms with Crippen LogP contribution in [0.4, 0.5) is 0 Å². The number of hydrogen-bond donors (Lipinski definition) is 0. The van der Waals surface area contributed by atoms with Crippen LogP contribution in [0.5, 0.6) is 0 Å². The maximum Gasteiger partial charge on any atom is 0.0702 e. The van der Waals surface area contributed by atoms with Gasteiger partial charge in [-0.1, -0.05) is 47.5 Å². The van der Waals surface area contributed by atoms with Crippen molar-refractivity contribution in [2.75, 3.05) is 0 Å². The first-order chi connectivity index (χ1) is 10.2. The lowest BCUT2D eigenvalue weighted by Gasteiger charge is -2.07. The van der Waals surface area contributed by atoms with Gasteiger partial charge < -0.3 is 4.55 Å². The minimum Gasteiger partial charge on any atom is -0.772 e. The molecular weight excluding hydrogens is 282 g/mol. The molecule has 3 aromatic rings. The van der Waals surface area contributed by atoms with Crippen LogP contribution in [0.25, 0.3) is 10.9 Å². The van der Waals surface area contributed by atoms with Gasteiger partial charge in [-0.15, -0.1) is 0 Å². The summed E-state index contributed by atoms with van der Waals surface area (Å²) in [4.78, 5) is 4.31. The molecule has 0 aliphatic carbocycles. The van der Waals surface area contributed by atoms with Gasteiger partial charge >= 0.3 is 0 Å². The van der Waals surface area contributed by atoms with Crippen LogP contribution in [0.15, 0.2) is 60.8 Å². The number of aromatic nitrogens is 1. The Hall–Kier alpha value is -2.04. The van der Waals surface area contributed by atoms with E-state index in [0.717, 1.165) is 22.9 Å². The Morgan fingerprint density at radius 2 is 1.67 bits per heavy atom. The van der Waals surface area contributed by atoms with Gasteiger partial charge in [-0.05, 0) is 41.3 Å². The highest BCUT2D eigenvalue weighted by Crippen LogP contribution is 2.17. The van der Waals surface area contributed by atoms with Crippen LogP contribution in [-0.4, -0.2) is 13.7 Å². The molecule has 1 heterocycles. The van der Waals surface area contributed by atoms with Crippen LogP contribution >= 0.6 is 0 Å². The van der Waals surface area contributed by atoms with Gasteiger partial charge in [0.1, 0.15) is 0 Å². The summed E-state index contributed by atoms with van der Waals surface area (Å²) in [7, 11) is 0. The van der Waals surface area contributed by atoms with Crippen LogP contribution in [0.1, 0.15) is 16.7 Å². The Labute approximate surface area is 125 Å². The maximum atomic E-state index is 10.7. The molecule has 0 spiro atoms. The highest BCUT2D eigenvalue weighted by atomic mass is 32.2. The van der Waals surface area contributed by atoms with E-state index >= 15 is 0 Å². The van der Waals surface area contributed by atoms with Crippen molar-refractivity contribution < 1.29 is 8.76 Å². The van der Waals surface area contributed by atoms with Crippen LogP contribution in [-0.2, 0) is 23.3 Å². The minimum atomic E-state index is -2.03. The summed E-state index contributed by atoms with van der Waals surface area (Å²) in [6.07, 6.45) is 2.62. The van der Waals surface area contributed by atoms with E-state index in [2.05, 4.69) is 23.2 Å². The summed E-state index contributed by atoms with van der Waals surface area (Å²) in [6, 6.07) is 17.9. The van der Waals surface area contributed by atoms with E-state index in [1.165, 1.54) is 11.1 Å². The van der Waals surface area contributed by atoms with Gasteiger partial charge in [0.2, 0.25) is 0 Å². The van der Waals surface area contributed by atoms with E-state index in [0.29, 0.717) is 0 Å². The Balaban J connectivity index is 1.79. The average Bonchev–Trinajstić information content (AvgIpc) is 2.49. The predicted molar refractivity (Wildman–Crippen MR) is 83.6 cm³/mol. The monoisotopic (exact) mass is 296 g/mol. The largest absolute Gasteiger partial charge is 0.772 e. The molecule has 0 amide bonds. The number of rotatable bonds is 4. The van der Waals surface area contributed by atoms with Gasteiger partial charge in [-0.2, -0.15) is 0 Å². The van der Waals surface area contributed by atoms with Crippen LogP contribution in [0.2, 0.25) is 0 Å². The molecule has 0 bridgehead atoms. The van der Waals surface area contributed by atoms with Crippen LogP contribution in [0.3, 0.4) is 0 Å². The predicted octanol–water partition coefficient (Wildman–Crippen LogP) is 3.20. The molecule has 0 fully saturated rings. The zero-order valence-electron chi connectivity index (χ0n) is 11.4. The molecule has 21 heavy (non-hydrogen) atoms. The second-order valence-electron chi connectivity index (χ2n) is 4.97. The van der Waals surface area contributed by atoms with E-state index in [1.807, 2.05) is 36.4 Å². The molecule has 2 aromatic carbocycles. The SMILES string of the molecule is O=S([O-])Cc1ccc(Cc2ccc3ncccc3c2)cc1. The van der Waals surface area contributed by atoms with Crippen molar-refractivity contribution in [1.82, 2.24) is 4.98 Å². The molecule has 0 radical (unpaired) electrons. The molecule has 3 nitrogen and oxygen atoms in total. The van der Waals surface area contributed by atoms with Crippen molar-refractivity contribution in [3.63, 3.8) is 0 Å². The third-order valence-electron chi connectivity index (χ3n) is 3.38. The Kier molecular flexibility index (Phi) is 4.08. The molecule has 0 N–H and O–H groups in total. The first kappa shape index (κ1) is 13.9. The van der Waals surface area contributed by atoms with Crippen molar-refractivity contribution in [2.45, 2.75) is 12.2 Å². The summed E-state index contributed by atoms with van der Waals surface area (Å²) < 4.78 is 21.3. The van der Waals surface area contributed by atoms with Crippen molar-refractivity contribution in [1.29, 1.82) is 0 Å². The molecule has 0 aliphatic rings. The summed E-state index contributed by atoms with van der Waals surface area (Å²) in [6.45, 7) is 0. The first-order valence-corrected chi connectivity index (χ1v) is 7.92. The average molecular weight is 296 g/mol. The van der Waals surface area contributed by atoms with E-state index in [1.54, 1.807) is 6.20 Å². The van der Waals surface area contributed by atoms with Crippen LogP contribution in [0, 0.1) is 0 Å². The standard InChI is InChI=1S/C17H15NO2S/c19-21(20)12-14-5-3-13(4-6-14)10-15-7-8-17-16(11-15)2-1-9-18-17/h1-9,11H,10,12H2,(H,19,20)/p-1. The number of benzene rings is 2. The molecule has 1 aromatic heterocycles. The van der Waals surface area contributed by atoms with Crippen molar-refractivity contribution in [3.8, 4) is 0 Å². The molecule has 0 saturated carbocycles. The quantitative estimate of drug-likeness (QED) is 0.695. The number of hydrogen-bond acceptors (Lipinski definition) is 3. The van der Waals surface area contributed by atoms with Gasteiger partial charge in [0.05, 0.1) is 5.52 Å². The van der Waals surface area contributed by atoms with Crippen LogP contribution < -0.4 is 0 Å². The Morgan fingerprint density at radius 3 is 2.43 bits per heavy atom. The Morgan fingerprint density at radius 1 is 0.952 bits per heavy atom. The fraction of sp³-hybridized carbons (Fsp3) is 0.118. The molecule has 106 valence electrons. The summed E-state index contributed by atoms with van der Waals surface area (Å²) in [5.41, 5.74) is 4.19. The lowest BCUT2D eigenvalue weighted by atomic mass is 10.0. The summed E-state index contributed by atoms with van der Waals surface area (Å²) in [5, 5.41) is 1.13.